The fraction of sp³-hybridized carbons (Fsp3) is 0.409. The van der Waals surface area contributed by atoms with Crippen LogP contribution in [0.4, 0.5) is 4.79 Å². The van der Waals surface area contributed by atoms with E-state index in [0.717, 1.165) is 11.3 Å². The first-order chi connectivity index (χ1) is 14.8. The van der Waals surface area contributed by atoms with Crippen LogP contribution in [0.5, 0.6) is 11.5 Å². The van der Waals surface area contributed by atoms with E-state index in [0.29, 0.717) is 31.1 Å². The van der Waals surface area contributed by atoms with E-state index in [1.54, 1.807) is 32.0 Å². The van der Waals surface area contributed by atoms with Crippen LogP contribution >= 0.6 is 0 Å². The molecule has 2 aromatic rings. The minimum atomic E-state index is -3.45. The second-order valence-corrected chi connectivity index (χ2v) is 8.92. The van der Waals surface area contributed by atoms with E-state index >= 15 is 0 Å². The Balaban J connectivity index is 1.76. The number of rotatable bonds is 12. The van der Waals surface area contributed by atoms with Crippen LogP contribution in [0, 0.1) is 0 Å². The summed E-state index contributed by atoms with van der Waals surface area (Å²) in [5, 5.41) is 5.47. The lowest BCUT2D eigenvalue weighted by Crippen LogP contribution is -2.37. The molecule has 0 fully saturated rings. The molecular formula is C22H31N3O5S. The highest BCUT2D eigenvalue weighted by Crippen LogP contribution is 2.17. The molecule has 0 heterocycles. The van der Waals surface area contributed by atoms with Gasteiger partial charge in [-0.15, -0.1) is 0 Å². The topological polar surface area (TPSA) is 106 Å². The third-order valence-corrected chi connectivity index (χ3v) is 5.63. The molecule has 0 aliphatic heterocycles. The maximum Gasteiger partial charge on any atom is 0.315 e. The minimum absolute atomic E-state index is 0.138. The van der Waals surface area contributed by atoms with Gasteiger partial charge in [-0.05, 0) is 56.2 Å². The second kappa shape index (κ2) is 12.2. The zero-order valence-corrected chi connectivity index (χ0v) is 19.0. The predicted octanol–water partition coefficient (Wildman–Crippen LogP) is 2.79. The van der Waals surface area contributed by atoms with Gasteiger partial charge in [-0.25, -0.2) is 17.9 Å². The maximum atomic E-state index is 12.2. The van der Waals surface area contributed by atoms with Gasteiger partial charge in [0.1, 0.15) is 18.1 Å². The van der Waals surface area contributed by atoms with Crippen LogP contribution in [-0.2, 0) is 22.3 Å². The van der Waals surface area contributed by atoms with Crippen LogP contribution in [0.2, 0.25) is 0 Å². The van der Waals surface area contributed by atoms with Crippen molar-refractivity contribution in [3.8, 4) is 11.5 Å². The minimum Gasteiger partial charge on any atom is -0.494 e. The number of hydrogen-bond donors (Lipinski definition) is 3. The highest BCUT2D eigenvalue weighted by molar-refractivity contribution is 7.88. The van der Waals surface area contributed by atoms with E-state index in [-0.39, 0.29) is 24.4 Å². The summed E-state index contributed by atoms with van der Waals surface area (Å²) in [5.74, 6) is 1.33. The molecule has 0 saturated carbocycles. The van der Waals surface area contributed by atoms with E-state index in [4.69, 9.17) is 9.47 Å². The van der Waals surface area contributed by atoms with Crippen LogP contribution < -0.4 is 24.8 Å². The smallest absolute Gasteiger partial charge is 0.315 e. The third-order valence-electron chi connectivity index (χ3n) is 4.11. The Morgan fingerprint density at radius 1 is 0.935 bits per heavy atom. The molecule has 0 saturated heterocycles. The summed E-state index contributed by atoms with van der Waals surface area (Å²) in [4.78, 5) is 12.1. The van der Waals surface area contributed by atoms with Crippen molar-refractivity contribution in [2.45, 2.75) is 39.1 Å². The summed E-state index contributed by atoms with van der Waals surface area (Å²) >= 11 is 0. The number of amides is 2. The third kappa shape index (κ3) is 9.27. The number of sulfonamides is 1. The lowest BCUT2D eigenvalue weighted by atomic mass is 10.1. The van der Waals surface area contributed by atoms with Gasteiger partial charge in [-0.1, -0.05) is 24.3 Å². The van der Waals surface area contributed by atoms with Crippen molar-refractivity contribution in [1.82, 2.24) is 15.4 Å². The average molecular weight is 450 g/mol. The second-order valence-electron chi connectivity index (χ2n) is 7.16. The average Bonchev–Trinajstić information content (AvgIpc) is 2.70. The number of carbonyl (C=O) groups excluding carboxylic acids is 1. The van der Waals surface area contributed by atoms with Gasteiger partial charge in [0.05, 0.1) is 18.9 Å². The number of nitrogens with one attached hydrogen (secondary N) is 3. The molecule has 0 bridgehead atoms. The lowest BCUT2D eigenvalue weighted by molar-refractivity contribution is 0.236. The number of benzene rings is 2. The van der Waals surface area contributed by atoms with E-state index in [9.17, 15) is 13.2 Å². The SMILES string of the molecule is CCOc1ccc(OCCNC(=O)NCc2ccccc2CS(=O)(=O)NC(C)C)cc1. The van der Waals surface area contributed by atoms with Crippen LogP contribution in [0.25, 0.3) is 0 Å². The Labute approximate surface area is 184 Å². The first-order valence-electron chi connectivity index (χ1n) is 10.2. The Kier molecular flexibility index (Phi) is 9.61. The van der Waals surface area contributed by atoms with Gasteiger partial charge in [-0.2, -0.15) is 0 Å². The van der Waals surface area contributed by atoms with Crippen LogP contribution in [0.1, 0.15) is 31.9 Å². The molecule has 0 aliphatic carbocycles. The van der Waals surface area contributed by atoms with Gasteiger partial charge < -0.3 is 20.1 Å². The highest BCUT2D eigenvalue weighted by Gasteiger charge is 2.15. The Morgan fingerprint density at radius 3 is 2.16 bits per heavy atom. The lowest BCUT2D eigenvalue weighted by Gasteiger charge is -2.14. The van der Waals surface area contributed by atoms with Crippen molar-refractivity contribution in [1.29, 1.82) is 0 Å². The zero-order chi connectivity index (χ0) is 22.7. The molecule has 0 aliphatic rings. The first-order valence-corrected chi connectivity index (χ1v) is 11.9. The Bertz CT molecular complexity index is 930. The molecule has 31 heavy (non-hydrogen) atoms. The van der Waals surface area contributed by atoms with E-state index in [1.165, 1.54) is 0 Å². The summed E-state index contributed by atoms with van der Waals surface area (Å²) in [5.41, 5.74) is 1.40. The monoisotopic (exact) mass is 449 g/mol. The van der Waals surface area contributed by atoms with Crippen LogP contribution in [0.15, 0.2) is 48.5 Å². The standard InChI is InChI=1S/C22H31N3O5S/c1-4-29-20-9-11-21(12-10-20)30-14-13-23-22(26)24-15-18-7-5-6-8-19(18)16-31(27,28)25-17(2)3/h5-12,17,25H,4,13-16H2,1-3H3,(H2,23,24,26). The summed E-state index contributed by atoms with van der Waals surface area (Å²) in [6.45, 7) is 6.94. The van der Waals surface area contributed by atoms with Crippen molar-refractivity contribution < 1.29 is 22.7 Å². The molecule has 2 aromatic carbocycles. The molecule has 2 amide bonds. The molecule has 0 aromatic heterocycles. The maximum absolute atomic E-state index is 12.2. The quantitative estimate of drug-likeness (QED) is 0.432. The Hall–Kier alpha value is -2.78. The van der Waals surface area contributed by atoms with Crippen molar-refractivity contribution in [2.24, 2.45) is 0 Å². The number of urea groups is 1. The summed E-state index contributed by atoms with van der Waals surface area (Å²) in [6, 6.07) is 13.9. The van der Waals surface area contributed by atoms with Gasteiger partial charge in [0.15, 0.2) is 0 Å². The van der Waals surface area contributed by atoms with E-state index in [2.05, 4.69) is 15.4 Å². The molecule has 8 nitrogen and oxygen atoms in total. The van der Waals surface area contributed by atoms with Gasteiger partial charge in [0.25, 0.3) is 0 Å². The molecule has 2 rings (SSSR count). The van der Waals surface area contributed by atoms with Crippen molar-refractivity contribution in [3.63, 3.8) is 0 Å². The van der Waals surface area contributed by atoms with Crippen LogP contribution in [-0.4, -0.2) is 40.2 Å². The fourth-order valence-electron chi connectivity index (χ4n) is 2.85. The van der Waals surface area contributed by atoms with Crippen LogP contribution in [0.3, 0.4) is 0 Å². The highest BCUT2D eigenvalue weighted by atomic mass is 32.2. The molecule has 9 heteroatoms. The largest absolute Gasteiger partial charge is 0.494 e. The van der Waals surface area contributed by atoms with Crippen molar-refractivity contribution in [2.75, 3.05) is 19.8 Å². The summed E-state index contributed by atoms with van der Waals surface area (Å²) in [7, 11) is -3.45. The van der Waals surface area contributed by atoms with Gasteiger partial charge >= 0.3 is 6.03 Å². The fourth-order valence-corrected chi connectivity index (χ4v) is 4.34. The van der Waals surface area contributed by atoms with Crippen molar-refractivity contribution >= 4 is 16.1 Å². The molecule has 0 atom stereocenters. The van der Waals surface area contributed by atoms with Gasteiger partial charge in [0.2, 0.25) is 10.0 Å². The van der Waals surface area contributed by atoms with E-state index in [1.807, 2.05) is 37.3 Å². The summed E-state index contributed by atoms with van der Waals surface area (Å²) in [6.07, 6.45) is 0. The van der Waals surface area contributed by atoms with Crippen molar-refractivity contribution in [3.05, 3.63) is 59.7 Å². The number of carbonyl (C=O) groups is 1. The Morgan fingerprint density at radius 2 is 1.55 bits per heavy atom. The molecule has 3 N–H and O–H groups in total. The molecule has 0 radical (unpaired) electrons. The molecule has 170 valence electrons. The first kappa shape index (κ1) is 24.5. The molecule has 0 spiro atoms. The number of hydrogen-bond acceptors (Lipinski definition) is 5. The summed E-state index contributed by atoms with van der Waals surface area (Å²) < 4.78 is 38.0. The molecule has 0 unspecified atom stereocenters. The van der Waals surface area contributed by atoms with E-state index < -0.39 is 10.0 Å². The van der Waals surface area contributed by atoms with Gasteiger partial charge in [-0.3, -0.25) is 0 Å². The molecular weight excluding hydrogens is 418 g/mol. The zero-order valence-electron chi connectivity index (χ0n) is 18.2. The number of ether oxygens (including phenoxy) is 2. The normalized spacial score (nSPS) is 11.2. The van der Waals surface area contributed by atoms with Gasteiger partial charge in [0, 0.05) is 12.6 Å². The predicted molar refractivity (Wildman–Crippen MR) is 121 cm³/mol.